The lowest BCUT2D eigenvalue weighted by Gasteiger charge is -1.99. The molecule has 2 rings (SSSR count). The van der Waals surface area contributed by atoms with Gasteiger partial charge in [-0.1, -0.05) is 18.2 Å². The van der Waals surface area contributed by atoms with E-state index in [2.05, 4.69) is 4.98 Å². The maximum absolute atomic E-state index is 11.8. The summed E-state index contributed by atoms with van der Waals surface area (Å²) in [6, 6.07) is 10.4. The van der Waals surface area contributed by atoms with Gasteiger partial charge in [-0.3, -0.25) is 9.59 Å². The number of rotatable bonds is 4. The van der Waals surface area contributed by atoms with Gasteiger partial charge in [0.25, 0.3) is 5.56 Å². The number of methoxy groups -OCH3 is 1. The molecule has 96 valence electrons. The second kappa shape index (κ2) is 5.82. The van der Waals surface area contributed by atoms with Gasteiger partial charge < -0.3 is 9.72 Å². The molecule has 2 aromatic rings. The van der Waals surface area contributed by atoms with E-state index in [1.165, 1.54) is 18.3 Å². The van der Waals surface area contributed by atoms with Gasteiger partial charge in [0, 0.05) is 6.20 Å². The summed E-state index contributed by atoms with van der Waals surface area (Å²) in [6.45, 7) is 0. The van der Waals surface area contributed by atoms with Crippen molar-refractivity contribution in [2.75, 3.05) is 7.11 Å². The van der Waals surface area contributed by atoms with Crippen molar-refractivity contribution < 1.29 is 9.53 Å². The molecule has 0 atom stereocenters. The normalized spacial score (nSPS) is 10.6. The van der Waals surface area contributed by atoms with Crippen LogP contribution in [0.3, 0.4) is 0 Å². The smallest absolute Gasteiger partial charge is 0.259 e. The first-order chi connectivity index (χ1) is 9.20. The third-order valence-corrected chi connectivity index (χ3v) is 2.63. The summed E-state index contributed by atoms with van der Waals surface area (Å²) in [7, 11) is 1.59. The van der Waals surface area contributed by atoms with Crippen molar-refractivity contribution in [3.63, 3.8) is 0 Å². The maximum Gasteiger partial charge on any atom is 0.259 e. The molecular formula is C15H13NO3. The van der Waals surface area contributed by atoms with Gasteiger partial charge in [0.05, 0.1) is 12.7 Å². The SMILES string of the molecule is COc1ccc(/C=C/C(=O)c2ccc[nH]c2=O)cc1. The molecule has 1 N–H and O–H groups in total. The molecule has 1 heterocycles. The van der Waals surface area contributed by atoms with Crippen LogP contribution in [0.1, 0.15) is 15.9 Å². The summed E-state index contributed by atoms with van der Waals surface area (Å²) in [5.41, 5.74) is 0.612. The molecule has 0 aliphatic carbocycles. The summed E-state index contributed by atoms with van der Waals surface area (Å²) in [5.74, 6) is 0.431. The number of pyridine rings is 1. The van der Waals surface area contributed by atoms with Crippen molar-refractivity contribution in [1.29, 1.82) is 0 Å². The topological polar surface area (TPSA) is 59.2 Å². The van der Waals surface area contributed by atoms with Crippen molar-refractivity contribution >= 4 is 11.9 Å². The third kappa shape index (κ3) is 3.19. The molecular weight excluding hydrogens is 242 g/mol. The van der Waals surface area contributed by atoms with Crippen LogP contribution >= 0.6 is 0 Å². The van der Waals surface area contributed by atoms with Crippen molar-refractivity contribution in [2.24, 2.45) is 0 Å². The van der Waals surface area contributed by atoms with Gasteiger partial charge in [-0.15, -0.1) is 0 Å². The number of hydrogen-bond acceptors (Lipinski definition) is 3. The Balaban J connectivity index is 2.16. The molecule has 0 fully saturated rings. The Labute approximate surface area is 110 Å². The molecule has 1 aromatic carbocycles. The molecule has 0 spiro atoms. The average molecular weight is 255 g/mol. The van der Waals surface area contributed by atoms with Gasteiger partial charge in [-0.25, -0.2) is 0 Å². The molecule has 0 unspecified atom stereocenters. The number of aromatic amines is 1. The highest BCUT2D eigenvalue weighted by atomic mass is 16.5. The highest BCUT2D eigenvalue weighted by Gasteiger charge is 2.05. The van der Waals surface area contributed by atoms with E-state index in [1.54, 1.807) is 31.4 Å². The number of nitrogens with one attached hydrogen (secondary N) is 1. The van der Waals surface area contributed by atoms with Crippen LogP contribution in [0.2, 0.25) is 0 Å². The standard InChI is InChI=1S/C15H13NO3/c1-19-12-7-4-11(5-8-12)6-9-14(17)13-3-2-10-16-15(13)18/h2-10H,1H3,(H,16,18)/b9-6+. The minimum atomic E-state index is -0.383. The monoisotopic (exact) mass is 255 g/mol. The van der Waals surface area contributed by atoms with Crippen LogP contribution < -0.4 is 10.3 Å². The molecule has 0 saturated carbocycles. The van der Waals surface area contributed by atoms with E-state index in [0.717, 1.165) is 11.3 Å². The second-order valence-electron chi connectivity index (χ2n) is 3.88. The number of benzene rings is 1. The predicted octanol–water partition coefficient (Wildman–Crippen LogP) is 2.28. The summed E-state index contributed by atoms with van der Waals surface area (Å²) in [5, 5.41) is 0. The fourth-order valence-corrected chi connectivity index (χ4v) is 1.59. The summed E-state index contributed by atoms with van der Waals surface area (Å²) < 4.78 is 5.04. The van der Waals surface area contributed by atoms with Crippen LogP contribution in [0, 0.1) is 0 Å². The first-order valence-corrected chi connectivity index (χ1v) is 5.75. The molecule has 4 nitrogen and oxygen atoms in total. The average Bonchev–Trinajstić information content (AvgIpc) is 2.46. The Kier molecular flexibility index (Phi) is 3.93. The number of ether oxygens (including phenoxy) is 1. The molecule has 19 heavy (non-hydrogen) atoms. The zero-order valence-corrected chi connectivity index (χ0v) is 10.4. The van der Waals surface area contributed by atoms with E-state index in [4.69, 9.17) is 4.74 Å². The van der Waals surface area contributed by atoms with E-state index >= 15 is 0 Å². The predicted molar refractivity (Wildman–Crippen MR) is 73.4 cm³/mol. The molecule has 0 amide bonds. The Morgan fingerprint density at radius 3 is 2.58 bits per heavy atom. The zero-order chi connectivity index (χ0) is 13.7. The fraction of sp³-hybridized carbons (Fsp3) is 0.0667. The lowest BCUT2D eigenvalue weighted by atomic mass is 10.1. The Morgan fingerprint density at radius 1 is 1.21 bits per heavy atom. The van der Waals surface area contributed by atoms with Crippen LogP contribution in [0.25, 0.3) is 6.08 Å². The number of hydrogen-bond donors (Lipinski definition) is 1. The van der Waals surface area contributed by atoms with E-state index in [9.17, 15) is 9.59 Å². The first kappa shape index (κ1) is 12.8. The molecule has 0 bridgehead atoms. The molecule has 0 aliphatic heterocycles. The number of carbonyl (C=O) groups is 1. The zero-order valence-electron chi connectivity index (χ0n) is 10.4. The van der Waals surface area contributed by atoms with E-state index < -0.39 is 0 Å². The largest absolute Gasteiger partial charge is 0.497 e. The second-order valence-corrected chi connectivity index (χ2v) is 3.88. The molecule has 0 saturated heterocycles. The first-order valence-electron chi connectivity index (χ1n) is 5.75. The van der Waals surface area contributed by atoms with Gasteiger partial charge in [0.1, 0.15) is 5.75 Å². The Hall–Kier alpha value is -2.62. The van der Waals surface area contributed by atoms with Crippen LogP contribution in [0.5, 0.6) is 5.75 Å². The van der Waals surface area contributed by atoms with Crippen molar-refractivity contribution in [3.05, 3.63) is 70.2 Å². The van der Waals surface area contributed by atoms with E-state index in [-0.39, 0.29) is 16.9 Å². The third-order valence-electron chi connectivity index (χ3n) is 2.63. The molecule has 0 radical (unpaired) electrons. The van der Waals surface area contributed by atoms with Gasteiger partial charge in [-0.2, -0.15) is 0 Å². The maximum atomic E-state index is 11.8. The summed E-state index contributed by atoms with van der Waals surface area (Å²) in [6.07, 6.45) is 4.53. The lowest BCUT2D eigenvalue weighted by Crippen LogP contribution is -2.14. The molecule has 1 aromatic heterocycles. The quantitative estimate of drug-likeness (QED) is 0.673. The van der Waals surface area contributed by atoms with Crippen LogP contribution in [-0.4, -0.2) is 17.9 Å². The van der Waals surface area contributed by atoms with Crippen LogP contribution in [0.15, 0.2) is 53.5 Å². The number of allylic oxidation sites excluding steroid dienone is 1. The highest BCUT2D eigenvalue weighted by Crippen LogP contribution is 2.12. The van der Waals surface area contributed by atoms with Gasteiger partial charge in [0.15, 0.2) is 5.78 Å². The van der Waals surface area contributed by atoms with Crippen molar-refractivity contribution in [2.45, 2.75) is 0 Å². The van der Waals surface area contributed by atoms with Crippen LogP contribution in [-0.2, 0) is 0 Å². The van der Waals surface area contributed by atoms with Crippen molar-refractivity contribution in [3.8, 4) is 5.75 Å². The highest BCUT2D eigenvalue weighted by molar-refractivity contribution is 6.06. The lowest BCUT2D eigenvalue weighted by molar-refractivity contribution is 0.104. The summed E-state index contributed by atoms with van der Waals surface area (Å²) in [4.78, 5) is 25.7. The van der Waals surface area contributed by atoms with E-state index in [1.807, 2.05) is 12.1 Å². The van der Waals surface area contributed by atoms with Crippen molar-refractivity contribution in [1.82, 2.24) is 4.98 Å². The number of ketones is 1. The number of aromatic nitrogens is 1. The van der Waals surface area contributed by atoms with Crippen LogP contribution in [0.4, 0.5) is 0 Å². The number of H-pyrrole nitrogens is 1. The minimum Gasteiger partial charge on any atom is -0.497 e. The van der Waals surface area contributed by atoms with E-state index in [0.29, 0.717) is 0 Å². The minimum absolute atomic E-state index is 0.132. The number of carbonyl (C=O) groups excluding carboxylic acids is 1. The fourth-order valence-electron chi connectivity index (χ4n) is 1.59. The Morgan fingerprint density at radius 2 is 1.95 bits per heavy atom. The van der Waals surface area contributed by atoms with Gasteiger partial charge >= 0.3 is 0 Å². The van der Waals surface area contributed by atoms with Gasteiger partial charge in [-0.05, 0) is 35.9 Å². The summed E-state index contributed by atoms with van der Waals surface area (Å²) >= 11 is 0. The molecule has 0 aliphatic rings. The van der Waals surface area contributed by atoms with Gasteiger partial charge in [0.2, 0.25) is 0 Å². The molecule has 4 heteroatoms. The Bertz CT molecular complexity index is 654.